The number of aromatic nitrogens is 2. The summed E-state index contributed by atoms with van der Waals surface area (Å²) in [5, 5.41) is 6.48. The average molecular weight is 319 g/mol. The van der Waals surface area contributed by atoms with E-state index in [2.05, 4.69) is 10.2 Å². The zero-order valence-electron chi connectivity index (χ0n) is 11.1. The summed E-state index contributed by atoms with van der Waals surface area (Å²) in [5.74, 6) is -0.0157. The average Bonchev–Trinajstić information content (AvgIpc) is 3.00. The van der Waals surface area contributed by atoms with Gasteiger partial charge in [-0.25, -0.2) is 16.8 Å². The molecule has 0 unspecified atom stereocenters. The highest BCUT2D eigenvalue weighted by Crippen LogP contribution is 2.36. The monoisotopic (exact) mass is 319 g/mol. The maximum absolute atomic E-state index is 12.7. The van der Waals surface area contributed by atoms with Crippen molar-refractivity contribution < 1.29 is 16.8 Å². The van der Waals surface area contributed by atoms with Gasteiger partial charge in [0.1, 0.15) is 4.90 Å². The van der Waals surface area contributed by atoms with Crippen molar-refractivity contribution in [2.24, 2.45) is 5.92 Å². The molecule has 0 amide bonds. The summed E-state index contributed by atoms with van der Waals surface area (Å²) in [6, 6.07) is -0.412. The van der Waals surface area contributed by atoms with E-state index in [-0.39, 0.29) is 22.3 Å². The van der Waals surface area contributed by atoms with Crippen LogP contribution in [0.2, 0.25) is 0 Å². The Morgan fingerprint density at radius 3 is 2.90 bits per heavy atom. The Hall–Kier alpha value is -0.930. The lowest BCUT2D eigenvalue weighted by Gasteiger charge is -2.22. The van der Waals surface area contributed by atoms with Gasteiger partial charge in [-0.2, -0.15) is 9.40 Å². The van der Waals surface area contributed by atoms with Crippen LogP contribution in [0.25, 0.3) is 0 Å². The molecule has 20 heavy (non-hydrogen) atoms. The van der Waals surface area contributed by atoms with E-state index in [0.717, 1.165) is 0 Å². The Morgan fingerprint density at radius 2 is 2.20 bits per heavy atom. The molecule has 9 heteroatoms. The number of H-pyrrole nitrogens is 1. The number of aryl methyl sites for hydroxylation is 1. The van der Waals surface area contributed by atoms with Crippen LogP contribution in [0.5, 0.6) is 0 Å². The molecule has 0 bridgehead atoms. The van der Waals surface area contributed by atoms with Crippen LogP contribution in [0.1, 0.15) is 19.0 Å². The van der Waals surface area contributed by atoms with E-state index in [1.807, 2.05) is 6.92 Å². The van der Waals surface area contributed by atoms with Gasteiger partial charge in [-0.3, -0.25) is 5.10 Å². The van der Waals surface area contributed by atoms with Crippen molar-refractivity contribution >= 4 is 19.9 Å². The molecule has 0 aliphatic carbocycles. The molecule has 0 saturated carbocycles. The van der Waals surface area contributed by atoms with E-state index in [1.165, 1.54) is 10.5 Å². The molecule has 0 radical (unpaired) electrons. The predicted octanol–water partition coefficient (Wildman–Crippen LogP) is -0.220. The minimum absolute atomic E-state index is 0.0593. The maximum atomic E-state index is 12.7. The molecule has 2 aliphatic rings. The largest absolute Gasteiger partial charge is 0.281 e. The second-order valence-corrected chi connectivity index (χ2v) is 9.39. The molecule has 0 aromatic carbocycles. The van der Waals surface area contributed by atoms with Gasteiger partial charge >= 0.3 is 0 Å². The van der Waals surface area contributed by atoms with Gasteiger partial charge in [0.2, 0.25) is 10.0 Å². The molecule has 2 fully saturated rings. The number of sulfonamides is 1. The summed E-state index contributed by atoms with van der Waals surface area (Å²) in [7, 11) is -6.78. The SMILES string of the molecule is CCc1[nH]ncc1S(=O)(=O)N1CC[C@@H]2CS(=O)(=O)C[C@@H]21. The van der Waals surface area contributed by atoms with E-state index >= 15 is 0 Å². The second kappa shape index (κ2) is 4.54. The molecular formula is C11H17N3O4S2. The van der Waals surface area contributed by atoms with Gasteiger partial charge in [0.25, 0.3) is 0 Å². The predicted molar refractivity (Wildman–Crippen MR) is 72.4 cm³/mol. The van der Waals surface area contributed by atoms with E-state index in [9.17, 15) is 16.8 Å². The third-order valence-corrected chi connectivity index (χ3v) is 7.91. The van der Waals surface area contributed by atoms with Crippen molar-refractivity contribution in [3.05, 3.63) is 11.9 Å². The quantitative estimate of drug-likeness (QED) is 0.830. The van der Waals surface area contributed by atoms with Crippen LogP contribution < -0.4 is 0 Å². The molecule has 1 aromatic rings. The van der Waals surface area contributed by atoms with E-state index in [1.54, 1.807) is 0 Å². The number of nitrogens with zero attached hydrogens (tertiary/aromatic N) is 2. The van der Waals surface area contributed by atoms with Crippen LogP contribution in [-0.2, 0) is 26.3 Å². The van der Waals surface area contributed by atoms with E-state index < -0.39 is 25.9 Å². The van der Waals surface area contributed by atoms with Gasteiger partial charge in [-0.1, -0.05) is 6.92 Å². The lowest BCUT2D eigenvalue weighted by atomic mass is 10.1. The first-order valence-corrected chi connectivity index (χ1v) is 9.86. The summed E-state index contributed by atoms with van der Waals surface area (Å²) < 4.78 is 50.1. The van der Waals surface area contributed by atoms with Crippen LogP contribution in [0, 0.1) is 5.92 Å². The van der Waals surface area contributed by atoms with Crippen LogP contribution in [0.15, 0.2) is 11.1 Å². The first-order chi connectivity index (χ1) is 9.35. The highest BCUT2D eigenvalue weighted by molar-refractivity contribution is 7.92. The number of nitrogens with one attached hydrogen (secondary N) is 1. The van der Waals surface area contributed by atoms with Gasteiger partial charge < -0.3 is 0 Å². The van der Waals surface area contributed by atoms with Gasteiger partial charge in [0.05, 0.1) is 23.4 Å². The number of sulfone groups is 1. The number of fused-ring (bicyclic) bond motifs is 1. The van der Waals surface area contributed by atoms with Crippen LogP contribution in [0.3, 0.4) is 0 Å². The Morgan fingerprint density at radius 1 is 1.45 bits per heavy atom. The maximum Gasteiger partial charge on any atom is 0.246 e. The minimum atomic E-state index is -3.67. The second-order valence-electron chi connectivity index (χ2n) is 5.38. The molecule has 3 rings (SSSR count). The fourth-order valence-electron chi connectivity index (χ4n) is 3.16. The first-order valence-electron chi connectivity index (χ1n) is 6.59. The van der Waals surface area contributed by atoms with Crippen molar-refractivity contribution in [2.75, 3.05) is 18.1 Å². The minimum Gasteiger partial charge on any atom is -0.281 e. The molecule has 112 valence electrons. The molecule has 3 heterocycles. The molecule has 1 aromatic heterocycles. The Balaban J connectivity index is 1.97. The molecular weight excluding hydrogens is 302 g/mol. The summed E-state index contributed by atoms with van der Waals surface area (Å²) in [6.07, 6.45) is 2.46. The van der Waals surface area contributed by atoms with E-state index in [4.69, 9.17) is 0 Å². The fraction of sp³-hybridized carbons (Fsp3) is 0.727. The molecule has 1 N–H and O–H groups in total. The number of rotatable bonds is 3. The summed E-state index contributed by atoms with van der Waals surface area (Å²) in [4.78, 5) is 0.171. The lowest BCUT2D eigenvalue weighted by Crippen LogP contribution is -2.38. The summed E-state index contributed by atoms with van der Waals surface area (Å²) >= 11 is 0. The van der Waals surface area contributed by atoms with Gasteiger partial charge in [-0.05, 0) is 18.8 Å². The normalized spacial score (nSPS) is 29.6. The molecule has 2 saturated heterocycles. The zero-order valence-corrected chi connectivity index (χ0v) is 12.7. The smallest absolute Gasteiger partial charge is 0.246 e. The standard InChI is InChI=1S/C11H17N3O4S2/c1-2-9-11(5-12-13-9)20(17,18)14-4-3-8-6-19(15,16)7-10(8)14/h5,8,10H,2-4,6-7H2,1H3,(H,12,13)/t8-,10+/m1/s1. The summed E-state index contributed by atoms with van der Waals surface area (Å²) in [5.41, 5.74) is 0.564. The number of hydrogen-bond acceptors (Lipinski definition) is 5. The van der Waals surface area contributed by atoms with Crippen molar-refractivity contribution in [3.8, 4) is 0 Å². The van der Waals surface area contributed by atoms with Gasteiger partial charge in [-0.15, -0.1) is 0 Å². The lowest BCUT2D eigenvalue weighted by molar-refractivity contribution is 0.387. The Labute approximate surface area is 118 Å². The third kappa shape index (κ3) is 2.08. The topological polar surface area (TPSA) is 100 Å². The third-order valence-electron chi connectivity index (χ3n) is 4.15. The van der Waals surface area contributed by atoms with Crippen molar-refractivity contribution in [1.82, 2.24) is 14.5 Å². The number of aromatic amines is 1. The zero-order chi connectivity index (χ0) is 14.5. The van der Waals surface area contributed by atoms with Crippen LogP contribution in [0.4, 0.5) is 0 Å². The summed E-state index contributed by atoms with van der Waals surface area (Å²) in [6.45, 7) is 2.24. The first kappa shape index (κ1) is 14.0. The molecule has 2 atom stereocenters. The highest BCUT2D eigenvalue weighted by Gasteiger charge is 2.49. The highest BCUT2D eigenvalue weighted by atomic mass is 32.2. The molecule has 0 spiro atoms. The molecule has 2 aliphatic heterocycles. The van der Waals surface area contributed by atoms with Crippen molar-refractivity contribution in [1.29, 1.82) is 0 Å². The van der Waals surface area contributed by atoms with Crippen molar-refractivity contribution in [2.45, 2.75) is 30.7 Å². The molecule has 7 nitrogen and oxygen atoms in total. The Kier molecular flexibility index (Phi) is 3.18. The van der Waals surface area contributed by atoms with E-state index in [0.29, 0.717) is 25.1 Å². The van der Waals surface area contributed by atoms with Crippen LogP contribution in [-0.4, -0.2) is 55.4 Å². The number of hydrogen-bond donors (Lipinski definition) is 1. The fourth-order valence-corrected chi connectivity index (χ4v) is 7.29. The van der Waals surface area contributed by atoms with Gasteiger partial charge in [0.15, 0.2) is 9.84 Å². The van der Waals surface area contributed by atoms with Gasteiger partial charge in [0, 0.05) is 12.6 Å². The van der Waals surface area contributed by atoms with Crippen molar-refractivity contribution in [3.63, 3.8) is 0 Å². The van der Waals surface area contributed by atoms with Crippen LogP contribution >= 0.6 is 0 Å². The Bertz CT molecular complexity index is 723.